The summed E-state index contributed by atoms with van der Waals surface area (Å²) in [6.45, 7) is 4.15. The van der Waals surface area contributed by atoms with E-state index in [1.54, 1.807) is 14.0 Å². The first-order chi connectivity index (χ1) is 10.4. The van der Waals surface area contributed by atoms with Gasteiger partial charge in [-0.05, 0) is 37.6 Å². The SMILES string of the molecule is CCCCNC(=O)CN(C)[C@H](C(=O)O)c1ccc(F)c(C)c1. The molecule has 1 aromatic carbocycles. The maximum atomic E-state index is 13.3. The zero-order chi connectivity index (χ0) is 16.7. The molecule has 0 aliphatic carbocycles. The number of hydrogen-bond donors (Lipinski definition) is 2. The number of aliphatic carboxylic acids is 1. The number of nitrogens with one attached hydrogen (secondary N) is 1. The smallest absolute Gasteiger partial charge is 0.325 e. The van der Waals surface area contributed by atoms with Crippen LogP contribution in [0.1, 0.15) is 36.9 Å². The van der Waals surface area contributed by atoms with Crippen molar-refractivity contribution in [3.8, 4) is 0 Å². The van der Waals surface area contributed by atoms with Crippen molar-refractivity contribution in [2.45, 2.75) is 32.7 Å². The van der Waals surface area contributed by atoms with Crippen LogP contribution in [0.25, 0.3) is 0 Å². The highest BCUT2D eigenvalue weighted by Gasteiger charge is 2.26. The second-order valence-corrected chi connectivity index (χ2v) is 5.37. The van der Waals surface area contributed by atoms with Gasteiger partial charge in [-0.2, -0.15) is 0 Å². The Morgan fingerprint density at radius 1 is 1.41 bits per heavy atom. The van der Waals surface area contributed by atoms with Crippen molar-refractivity contribution in [3.63, 3.8) is 0 Å². The lowest BCUT2D eigenvalue weighted by atomic mass is 10.0. The molecule has 0 fully saturated rings. The van der Waals surface area contributed by atoms with Crippen molar-refractivity contribution in [1.82, 2.24) is 10.2 Å². The first-order valence-electron chi connectivity index (χ1n) is 7.32. The number of aryl methyl sites for hydroxylation is 1. The van der Waals surface area contributed by atoms with Crippen molar-refractivity contribution in [1.29, 1.82) is 0 Å². The fourth-order valence-corrected chi connectivity index (χ4v) is 2.20. The molecule has 0 heterocycles. The van der Waals surface area contributed by atoms with Crippen LogP contribution in [0.5, 0.6) is 0 Å². The molecule has 2 N–H and O–H groups in total. The highest BCUT2D eigenvalue weighted by molar-refractivity contribution is 5.80. The van der Waals surface area contributed by atoms with E-state index in [-0.39, 0.29) is 18.3 Å². The van der Waals surface area contributed by atoms with Gasteiger partial charge in [0.15, 0.2) is 0 Å². The highest BCUT2D eigenvalue weighted by atomic mass is 19.1. The molecule has 1 rings (SSSR count). The van der Waals surface area contributed by atoms with Gasteiger partial charge in [-0.3, -0.25) is 14.5 Å². The number of rotatable bonds is 8. The van der Waals surface area contributed by atoms with Crippen LogP contribution in [-0.2, 0) is 9.59 Å². The lowest BCUT2D eigenvalue weighted by molar-refractivity contribution is -0.143. The van der Waals surface area contributed by atoms with Gasteiger partial charge in [0, 0.05) is 6.54 Å². The van der Waals surface area contributed by atoms with Crippen LogP contribution in [-0.4, -0.2) is 42.0 Å². The normalized spacial score (nSPS) is 12.2. The van der Waals surface area contributed by atoms with E-state index in [1.807, 2.05) is 6.92 Å². The van der Waals surface area contributed by atoms with Crippen molar-refractivity contribution in [2.24, 2.45) is 0 Å². The fraction of sp³-hybridized carbons (Fsp3) is 0.500. The molecular formula is C16H23FN2O3. The molecule has 1 amide bonds. The molecule has 0 aliphatic rings. The second-order valence-electron chi connectivity index (χ2n) is 5.37. The van der Waals surface area contributed by atoms with Crippen LogP contribution in [0, 0.1) is 12.7 Å². The molecule has 6 heteroatoms. The average Bonchev–Trinajstić information content (AvgIpc) is 2.42. The van der Waals surface area contributed by atoms with Crippen LogP contribution in [0.4, 0.5) is 4.39 Å². The van der Waals surface area contributed by atoms with E-state index >= 15 is 0 Å². The van der Waals surface area contributed by atoms with Crippen LogP contribution < -0.4 is 5.32 Å². The summed E-state index contributed by atoms with van der Waals surface area (Å²) >= 11 is 0. The van der Waals surface area contributed by atoms with Gasteiger partial charge in [-0.25, -0.2) is 4.39 Å². The Balaban J connectivity index is 2.79. The van der Waals surface area contributed by atoms with Gasteiger partial charge in [0.2, 0.25) is 5.91 Å². The van der Waals surface area contributed by atoms with Crippen LogP contribution in [0.2, 0.25) is 0 Å². The third-order valence-corrected chi connectivity index (χ3v) is 3.42. The fourth-order valence-electron chi connectivity index (χ4n) is 2.20. The number of amides is 1. The number of carbonyl (C=O) groups is 2. The second kappa shape index (κ2) is 8.48. The van der Waals surface area contributed by atoms with Crippen molar-refractivity contribution in [3.05, 3.63) is 35.1 Å². The Labute approximate surface area is 130 Å². The summed E-state index contributed by atoms with van der Waals surface area (Å²) in [6.07, 6.45) is 1.86. The third kappa shape index (κ3) is 5.11. The minimum atomic E-state index is -1.07. The maximum Gasteiger partial charge on any atom is 0.325 e. The minimum Gasteiger partial charge on any atom is -0.480 e. The molecule has 1 atom stereocenters. The largest absolute Gasteiger partial charge is 0.480 e. The molecule has 0 aliphatic heterocycles. The van der Waals surface area contributed by atoms with E-state index in [9.17, 15) is 19.1 Å². The standard InChI is InChI=1S/C16H23FN2O3/c1-4-5-8-18-14(20)10-19(3)15(16(21)22)12-6-7-13(17)11(2)9-12/h6-7,9,15H,4-5,8,10H2,1-3H3,(H,18,20)(H,21,22)/t15-/m0/s1. The zero-order valence-electron chi connectivity index (χ0n) is 13.2. The Hall–Kier alpha value is -1.95. The Morgan fingerprint density at radius 2 is 2.09 bits per heavy atom. The molecule has 0 unspecified atom stereocenters. The van der Waals surface area contributed by atoms with Gasteiger partial charge in [0.05, 0.1) is 6.54 Å². The molecule has 122 valence electrons. The number of hydrogen-bond acceptors (Lipinski definition) is 3. The van der Waals surface area contributed by atoms with Gasteiger partial charge in [0.25, 0.3) is 0 Å². The maximum absolute atomic E-state index is 13.3. The molecule has 1 aromatic rings. The lowest BCUT2D eigenvalue weighted by Crippen LogP contribution is -2.40. The van der Waals surface area contributed by atoms with Crippen LogP contribution in [0.3, 0.4) is 0 Å². The predicted molar refractivity (Wildman–Crippen MR) is 82.1 cm³/mol. The van der Waals surface area contributed by atoms with Crippen molar-refractivity contribution < 1.29 is 19.1 Å². The highest BCUT2D eigenvalue weighted by Crippen LogP contribution is 2.22. The van der Waals surface area contributed by atoms with Crippen LogP contribution >= 0.6 is 0 Å². The summed E-state index contributed by atoms with van der Waals surface area (Å²) in [5, 5.41) is 12.2. The summed E-state index contributed by atoms with van der Waals surface area (Å²) in [7, 11) is 1.57. The van der Waals surface area contributed by atoms with Gasteiger partial charge in [0.1, 0.15) is 11.9 Å². The monoisotopic (exact) mass is 310 g/mol. The van der Waals surface area contributed by atoms with E-state index in [1.165, 1.54) is 23.1 Å². The number of nitrogens with zero attached hydrogens (tertiary/aromatic N) is 1. The molecule has 0 saturated heterocycles. The Bertz CT molecular complexity index is 534. The summed E-state index contributed by atoms with van der Waals surface area (Å²) in [6, 6.07) is 3.19. The topological polar surface area (TPSA) is 69.6 Å². The van der Waals surface area contributed by atoms with E-state index in [2.05, 4.69) is 5.32 Å². The first kappa shape index (κ1) is 18.1. The molecule has 5 nitrogen and oxygen atoms in total. The summed E-state index contributed by atoms with van der Waals surface area (Å²) in [5.41, 5.74) is 0.833. The zero-order valence-corrected chi connectivity index (χ0v) is 13.2. The van der Waals surface area contributed by atoms with Gasteiger partial charge >= 0.3 is 5.97 Å². The quantitative estimate of drug-likeness (QED) is 0.722. The number of carbonyl (C=O) groups excluding carboxylic acids is 1. The number of carboxylic acids is 1. The minimum absolute atomic E-state index is 0.0306. The number of likely N-dealkylation sites (N-methyl/N-ethyl adjacent to an activating group) is 1. The molecule has 0 bridgehead atoms. The van der Waals surface area contributed by atoms with Gasteiger partial charge in [-0.1, -0.05) is 25.5 Å². The van der Waals surface area contributed by atoms with Gasteiger partial charge in [-0.15, -0.1) is 0 Å². The Kier molecular flexibility index (Phi) is 6.98. The number of benzene rings is 1. The predicted octanol–water partition coefficient (Wildman–Crippen LogP) is 2.11. The van der Waals surface area contributed by atoms with E-state index in [0.717, 1.165) is 12.8 Å². The average molecular weight is 310 g/mol. The number of carboxylic acid groups (broad SMARTS) is 1. The van der Waals surface area contributed by atoms with Crippen LogP contribution in [0.15, 0.2) is 18.2 Å². The molecule has 0 aromatic heterocycles. The number of halogens is 1. The summed E-state index contributed by atoms with van der Waals surface area (Å²) < 4.78 is 13.3. The molecule has 0 saturated carbocycles. The van der Waals surface area contributed by atoms with E-state index < -0.39 is 12.0 Å². The van der Waals surface area contributed by atoms with Crippen molar-refractivity contribution >= 4 is 11.9 Å². The van der Waals surface area contributed by atoms with Crippen molar-refractivity contribution in [2.75, 3.05) is 20.1 Å². The molecular weight excluding hydrogens is 287 g/mol. The first-order valence-corrected chi connectivity index (χ1v) is 7.32. The van der Waals surface area contributed by atoms with E-state index in [4.69, 9.17) is 0 Å². The summed E-state index contributed by atoms with van der Waals surface area (Å²) in [4.78, 5) is 24.8. The molecule has 0 spiro atoms. The lowest BCUT2D eigenvalue weighted by Gasteiger charge is -2.24. The Morgan fingerprint density at radius 3 is 2.64 bits per heavy atom. The molecule has 0 radical (unpaired) electrons. The van der Waals surface area contributed by atoms with Gasteiger partial charge < -0.3 is 10.4 Å². The third-order valence-electron chi connectivity index (χ3n) is 3.42. The number of unbranched alkanes of at least 4 members (excludes halogenated alkanes) is 1. The molecule has 22 heavy (non-hydrogen) atoms. The summed E-state index contributed by atoms with van der Waals surface area (Å²) in [5.74, 6) is -1.68. The van der Waals surface area contributed by atoms with E-state index in [0.29, 0.717) is 17.7 Å².